The van der Waals surface area contributed by atoms with Crippen molar-refractivity contribution >= 4 is 11.6 Å². The van der Waals surface area contributed by atoms with E-state index in [1.165, 1.54) is 12.1 Å². The third kappa shape index (κ3) is 5.20. The second-order valence-electron chi connectivity index (χ2n) is 6.11. The Balaban J connectivity index is 1.69. The Bertz CT molecular complexity index is 480. The molecule has 1 aliphatic heterocycles. The van der Waals surface area contributed by atoms with Gasteiger partial charge in [0.25, 0.3) is 0 Å². The smallest absolute Gasteiger partial charge is 0.223 e. The number of rotatable bonds is 7. The van der Waals surface area contributed by atoms with Crippen LogP contribution >= 0.6 is 0 Å². The maximum absolute atomic E-state index is 13.0. The van der Waals surface area contributed by atoms with Crippen molar-refractivity contribution in [1.29, 1.82) is 0 Å². The van der Waals surface area contributed by atoms with Gasteiger partial charge in [-0.2, -0.15) is 0 Å². The van der Waals surface area contributed by atoms with E-state index in [4.69, 9.17) is 0 Å². The predicted molar refractivity (Wildman–Crippen MR) is 92.1 cm³/mol. The van der Waals surface area contributed by atoms with E-state index in [1.807, 2.05) is 12.1 Å². The number of nitrogens with zero attached hydrogens (tertiary/aromatic N) is 2. The van der Waals surface area contributed by atoms with E-state index in [0.717, 1.165) is 51.3 Å². The van der Waals surface area contributed by atoms with Crippen molar-refractivity contribution in [2.24, 2.45) is 5.92 Å². The number of carbonyl (C=O) groups excluding carboxylic acids is 1. The van der Waals surface area contributed by atoms with Gasteiger partial charge in [0.2, 0.25) is 5.91 Å². The summed E-state index contributed by atoms with van der Waals surface area (Å²) in [7, 11) is 0. The third-order valence-electron chi connectivity index (χ3n) is 4.65. The summed E-state index contributed by atoms with van der Waals surface area (Å²) in [6.45, 7) is 9.54. The summed E-state index contributed by atoms with van der Waals surface area (Å²) < 4.78 is 13.0. The molecule has 0 radical (unpaired) electrons. The number of nitrogens with one attached hydrogen (secondary N) is 1. The molecule has 0 spiro atoms. The molecule has 1 saturated heterocycles. The van der Waals surface area contributed by atoms with E-state index < -0.39 is 0 Å². The van der Waals surface area contributed by atoms with E-state index in [0.29, 0.717) is 6.54 Å². The van der Waals surface area contributed by atoms with E-state index in [-0.39, 0.29) is 17.6 Å². The number of piperazine rings is 1. The zero-order valence-electron chi connectivity index (χ0n) is 14.2. The molecular formula is C18H28FN3O. The molecule has 1 aromatic rings. The van der Waals surface area contributed by atoms with Crippen molar-refractivity contribution < 1.29 is 9.18 Å². The molecule has 1 amide bonds. The standard InChI is InChI=1S/C18H28FN3O/c1-3-15(4-2)18(23)20-9-10-21-11-13-22(14-12-21)17-7-5-16(19)6-8-17/h5-8,15H,3-4,9-14H2,1-2H3,(H,20,23). The Morgan fingerprint density at radius 1 is 1.13 bits per heavy atom. The molecule has 2 rings (SSSR count). The highest BCUT2D eigenvalue weighted by Gasteiger charge is 2.18. The summed E-state index contributed by atoms with van der Waals surface area (Å²) in [6.07, 6.45) is 1.80. The lowest BCUT2D eigenvalue weighted by atomic mass is 10.0. The molecule has 5 heteroatoms. The Morgan fingerprint density at radius 3 is 2.30 bits per heavy atom. The highest BCUT2D eigenvalue weighted by atomic mass is 19.1. The van der Waals surface area contributed by atoms with Gasteiger partial charge in [-0.1, -0.05) is 13.8 Å². The minimum Gasteiger partial charge on any atom is -0.369 e. The molecule has 0 unspecified atom stereocenters. The van der Waals surface area contributed by atoms with Crippen LogP contribution in [0, 0.1) is 11.7 Å². The lowest BCUT2D eigenvalue weighted by molar-refractivity contribution is -0.125. The topological polar surface area (TPSA) is 35.6 Å². The first-order chi connectivity index (χ1) is 11.1. The number of anilines is 1. The number of hydrogen-bond acceptors (Lipinski definition) is 3. The van der Waals surface area contributed by atoms with Gasteiger partial charge < -0.3 is 10.2 Å². The van der Waals surface area contributed by atoms with Crippen LogP contribution in [-0.4, -0.2) is 50.1 Å². The van der Waals surface area contributed by atoms with Crippen LogP contribution in [0.15, 0.2) is 24.3 Å². The summed E-state index contributed by atoms with van der Waals surface area (Å²) >= 11 is 0. The van der Waals surface area contributed by atoms with E-state index >= 15 is 0 Å². The SMILES string of the molecule is CCC(CC)C(=O)NCCN1CCN(c2ccc(F)cc2)CC1. The highest BCUT2D eigenvalue weighted by Crippen LogP contribution is 2.16. The Morgan fingerprint density at radius 2 is 1.74 bits per heavy atom. The molecule has 0 aliphatic carbocycles. The van der Waals surface area contributed by atoms with Gasteiger partial charge in [0.05, 0.1) is 0 Å². The molecule has 1 N–H and O–H groups in total. The van der Waals surface area contributed by atoms with Crippen molar-refractivity contribution in [2.75, 3.05) is 44.2 Å². The van der Waals surface area contributed by atoms with Crippen LogP contribution in [0.1, 0.15) is 26.7 Å². The van der Waals surface area contributed by atoms with Gasteiger partial charge in [-0.05, 0) is 37.1 Å². The summed E-state index contributed by atoms with van der Waals surface area (Å²) in [5.74, 6) is 0.130. The highest BCUT2D eigenvalue weighted by molar-refractivity contribution is 5.78. The molecule has 0 aromatic heterocycles. The summed E-state index contributed by atoms with van der Waals surface area (Å²) in [5.41, 5.74) is 1.08. The van der Waals surface area contributed by atoms with Crippen LogP contribution in [0.4, 0.5) is 10.1 Å². The van der Waals surface area contributed by atoms with E-state index in [2.05, 4.69) is 29.0 Å². The molecule has 1 heterocycles. The first-order valence-electron chi connectivity index (χ1n) is 8.64. The fourth-order valence-electron chi connectivity index (χ4n) is 3.02. The molecule has 128 valence electrons. The molecule has 0 saturated carbocycles. The fourth-order valence-corrected chi connectivity index (χ4v) is 3.02. The quantitative estimate of drug-likeness (QED) is 0.838. The molecule has 0 bridgehead atoms. The van der Waals surface area contributed by atoms with Gasteiger partial charge in [0, 0.05) is 50.9 Å². The van der Waals surface area contributed by atoms with Gasteiger partial charge in [0.15, 0.2) is 0 Å². The van der Waals surface area contributed by atoms with Crippen LogP contribution < -0.4 is 10.2 Å². The van der Waals surface area contributed by atoms with Crippen LogP contribution in [0.5, 0.6) is 0 Å². The van der Waals surface area contributed by atoms with Gasteiger partial charge in [-0.15, -0.1) is 0 Å². The number of halogens is 1. The largest absolute Gasteiger partial charge is 0.369 e. The third-order valence-corrected chi connectivity index (χ3v) is 4.65. The monoisotopic (exact) mass is 321 g/mol. The van der Waals surface area contributed by atoms with E-state index in [1.54, 1.807) is 0 Å². The molecule has 1 aliphatic rings. The predicted octanol–water partition coefficient (Wildman–Crippen LogP) is 2.50. The van der Waals surface area contributed by atoms with Gasteiger partial charge in [-0.3, -0.25) is 9.69 Å². The maximum Gasteiger partial charge on any atom is 0.223 e. The Labute approximate surface area is 138 Å². The molecule has 1 aromatic carbocycles. The Hall–Kier alpha value is -1.62. The molecule has 0 atom stereocenters. The second kappa shape index (κ2) is 8.87. The van der Waals surface area contributed by atoms with Crippen molar-refractivity contribution in [2.45, 2.75) is 26.7 Å². The molecule has 1 fully saturated rings. The van der Waals surface area contributed by atoms with Crippen LogP contribution in [0.25, 0.3) is 0 Å². The lowest BCUT2D eigenvalue weighted by Crippen LogP contribution is -2.48. The number of amides is 1. The molecule has 4 nitrogen and oxygen atoms in total. The van der Waals surface area contributed by atoms with Crippen LogP contribution in [0.2, 0.25) is 0 Å². The minimum absolute atomic E-state index is 0.144. The van der Waals surface area contributed by atoms with Gasteiger partial charge in [0.1, 0.15) is 5.82 Å². The maximum atomic E-state index is 13.0. The average Bonchev–Trinajstić information content (AvgIpc) is 2.57. The summed E-state index contributed by atoms with van der Waals surface area (Å²) in [6, 6.07) is 6.69. The first kappa shape index (κ1) is 17.7. The average molecular weight is 321 g/mol. The summed E-state index contributed by atoms with van der Waals surface area (Å²) in [4.78, 5) is 16.6. The van der Waals surface area contributed by atoms with Crippen molar-refractivity contribution in [1.82, 2.24) is 10.2 Å². The number of benzene rings is 1. The van der Waals surface area contributed by atoms with Crippen molar-refractivity contribution in [3.63, 3.8) is 0 Å². The lowest BCUT2D eigenvalue weighted by Gasteiger charge is -2.36. The van der Waals surface area contributed by atoms with Crippen molar-refractivity contribution in [3.8, 4) is 0 Å². The molecular weight excluding hydrogens is 293 g/mol. The van der Waals surface area contributed by atoms with E-state index in [9.17, 15) is 9.18 Å². The second-order valence-corrected chi connectivity index (χ2v) is 6.11. The zero-order chi connectivity index (χ0) is 16.7. The minimum atomic E-state index is -0.194. The summed E-state index contributed by atoms with van der Waals surface area (Å²) in [5, 5.41) is 3.05. The Kier molecular flexibility index (Phi) is 6.84. The number of carbonyl (C=O) groups is 1. The van der Waals surface area contributed by atoms with Gasteiger partial charge >= 0.3 is 0 Å². The zero-order valence-corrected chi connectivity index (χ0v) is 14.2. The fraction of sp³-hybridized carbons (Fsp3) is 0.611. The van der Waals surface area contributed by atoms with Crippen LogP contribution in [0.3, 0.4) is 0 Å². The number of hydrogen-bond donors (Lipinski definition) is 1. The normalized spacial score (nSPS) is 15.9. The first-order valence-corrected chi connectivity index (χ1v) is 8.64. The van der Waals surface area contributed by atoms with Gasteiger partial charge in [-0.25, -0.2) is 4.39 Å². The van der Waals surface area contributed by atoms with Crippen molar-refractivity contribution in [3.05, 3.63) is 30.1 Å². The van der Waals surface area contributed by atoms with Crippen LogP contribution in [-0.2, 0) is 4.79 Å². The molecule has 23 heavy (non-hydrogen) atoms.